The normalized spacial score (nSPS) is 11.0. The highest BCUT2D eigenvalue weighted by atomic mass is 35.5. The summed E-state index contributed by atoms with van der Waals surface area (Å²) in [4.78, 5) is 38.2. The van der Waals surface area contributed by atoms with Crippen LogP contribution in [0.1, 0.15) is 13.8 Å². The van der Waals surface area contributed by atoms with Crippen molar-refractivity contribution in [2.45, 2.75) is 26.4 Å². The van der Waals surface area contributed by atoms with Crippen LogP contribution in [0.2, 0.25) is 5.15 Å². The number of hydrogen-bond acceptors (Lipinski definition) is 6. The highest BCUT2D eigenvalue weighted by Crippen LogP contribution is 2.20. The van der Waals surface area contributed by atoms with Crippen LogP contribution in [0.25, 0.3) is 22.6 Å². The molecule has 0 fully saturated rings. The number of ether oxygens (including phenoxy) is 1. The Kier molecular flexibility index (Phi) is 5.36. The molecule has 3 aromatic heterocycles. The van der Waals surface area contributed by atoms with E-state index in [1.165, 1.54) is 11.7 Å². The van der Waals surface area contributed by atoms with Crippen LogP contribution in [-0.4, -0.2) is 38.6 Å². The number of halogens is 1. The fraction of sp³-hybridized carbons (Fsp3) is 0.278. The van der Waals surface area contributed by atoms with E-state index in [4.69, 9.17) is 16.3 Å². The van der Waals surface area contributed by atoms with Gasteiger partial charge in [-0.3, -0.25) is 14.2 Å². The van der Waals surface area contributed by atoms with Crippen molar-refractivity contribution in [1.29, 1.82) is 0 Å². The third kappa shape index (κ3) is 4.06. The van der Waals surface area contributed by atoms with E-state index in [0.717, 1.165) is 0 Å². The van der Waals surface area contributed by atoms with Gasteiger partial charge >= 0.3 is 0 Å². The third-order valence-corrected chi connectivity index (χ3v) is 3.89. The van der Waals surface area contributed by atoms with Crippen LogP contribution in [0.15, 0.2) is 35.1 Å². The Hall–Kier alpha value is -3.00. The van der Waals surface area contributed by atoms with Crippen LogP contribution in [0, 0.1) is 0 Å². The molecule has 0 saturated heterocycles. The molecule has 0 aliphatic rings. The zero-order valence-electron chi connectivity index (χ0n) is 15.1. The maximum absolute atomic E-state index is 13.0. The van der Waals surface area contributed by atoms with Crippen molar-refractivity contribution >= 4 is 28.5 Å². The molecule has 3 rings (SSSR count). The first-order chi connectivity index (χ1) is 12.9. The smallest absolute Gasteiger partial charge is 0.280 e. The molecule has 0 aliphatic carbocycles. The van der Waals surface area contributed by atoms with Crippen LogP contribution in [0.5, 0.6) is 5.88 Å². The number of fused-ring (bicyclic) bond motifs is 1. The standard InChI is InChI=1S/C18H18ClN5O3/c1-10(2)20-14(25)9-24-17(12-5-4-6-15(21-12)27-3)22-11-7-8-13(19)23-16(11)18(24)26/h4-8,10H,9H2,1-3H3,(H,20,25). The second-order valence-electron chi connectivity index (χ2n) is 6.12. The van der Waals surface area contributed by atoms with Gasteiger partial charge in [0.05, 0.1) is 12.6 Å². The van der Waals surface area contributed by atoms with E-state index < -0.39 is 5.56 Å². The third-order valence-electron chi connectivity index (χ3n) is 3.68. The molecule has 0 bridgehead atoms. The first kappa shape index (κ1) is 18.8. The first-order valence-corrected chi connectivity index (χ1v) is 8.64. The summed E-state index contributed by atoms with van der Waals surface area (Å²) in [5.41, 5.74) is 0.387. The van der Waals surface area contributed by atoms with Crippen molar-refractivity contribution in [1.82, 2.24) is 24.8 Å². The van der Waals surface area contributed by atoms with Crippen molar-refractivity contribution in [3.8, 4) is 17.4 Å². The molecule has 0 spiro atoms. The minimum absolute atomic E-state index is 0.0624. The number of carbonyl (C=O) groups is 1. The van der Waals surface area contributed by atoms with Gasteiger partial charge in [-0.1, -0.05) is 17.7 Å². The quantitative estimate of drug-likeness (QED) is 0.672. The Labute approximate surface area is 160 Å². The molecule has 8 nitrogen and oxygen atoms in total. The van der Waals surface area contributed by atoms with Gasteiger partial charge in [0.15, 0.2) is 11.3 Å². The van der Waals surface area contributed by atoms with Crippen LogP contribution in [0.3, 0.4) is 0 Å². The van der Waals surface area contributed by atoms with Gasteiger partial charge < -0.3 is 10.1 Å². The molecule has 3 heterocycles. The predicted octanol–water partition coefficient (Wildman–Crippen LogP) is 2.04. The number of hydrogen-bond donors (Lipinski definition) is 1. The summed E-state index contributed by atoms with van der Waals surface area (Å²) in [6.45, 7) is 3.46. The number of methoxy groups -OCH3 is 1. The van der Waals surface area contributed by atoms with Gasteiger partial charge in [0, 0.05) is 12.1 Å². The maximum atomic E-state index is 13.0. The van der Waals surface area contributed by atoms with Gasteiger partial charge in [0.2, 0.25) is 11.8 Å². The zero-order valence-corrected chi connectivity index (χ0v) is 15.8. The minimum atomic E-state index is -0.471. The van der Waals surface area contributed by atoms with Crippen LogP contribution >= 0.6 is 11.6 Å². The molecule has 0 atom stereocenters. The summed E-state index contributed by atoms with van der Waals surface area (Å²) in [5.74, 6) is 0.295. The lowest BCUT2D eigenvalue weighted by Gasteiger charge is -2.14. The topological polar surface area (TPSA) is 99.0 Å². The van der Waals surface area contributed by atoms with E-state index in [2.05, 4.69) is 20.3 Å². The minimum Gasteiger partial charge on any atom is -0.481 e. The van der Waals surface area contributed by atoms with Crippen molar-refractivity contribution in [2.24, 2.45) is 0 Å². The summed E-state index contributed by atoms with van der Waals surface area (Å²) >= 11 is 5.92. The van der Waals surface area contributed by atoms with Gasteiger partial charge in [-0.25, -0.2) is 15.0 Å². The van der Waals surface area contributed by atoms with Gasteiger partial charge in [-0.05, 0) is 32.0 Å². The van der Waals surface area contributed by atoms with E-state index in [1.807, 2.05) is 13.8 Å². The summed E-state index contributed by atoms with van der Waals surface area (Å²) in [7, 11) is 1.50. The van der Waals surface area contributed by atoms with E-state index >= 15 is 0 Å². The molecule has 3 aromatic rings. The van der Waals surface area contributed by atoms with Gasteiger partial charge in [0.25, 0.3) is 5.56 Å². The summed E-state index contributed by atoms with van der Waals surface area (Å²) in [6.07, 6.45) is 0. The molecule has 0 saturated carbocycles. The lowest BCUT2D eigenvalue weighted by atomic mass is 10.3. The Morgan fingerprint density at radius 2 is 2.00 bits per heavy atom. The van der Waals surface area contributed by atoms with Gasteiger partial charge in [-0.2, -0.15) is 0 Å². The van der Waals surface area contributed by atoms with E-state index in [-0.39, 0.29) is 35.0 Å². The summed E-state index contributed by atoms with van der Waals surface area (Å²) in [5, 5.41) is 2.93. The average molecular weight is 388 g/mol. The van der Waals surface area contributed by atoms with Crippen molar-refractivity contribution < 1.29 is 9.53 Å². The highest BCUT2D eigenvalue weighted by Gasteiger charge is 2.18. The second kappa shape index (κ2) is 7.71. The molecule has 0 aliphatic heterocycles. The molecular formula is C18H18ClN5O3. The SMILES string of the molecule is COc1cccc(-c2nc3ccc(Cl)nc3c(=O)n2CC(=O)NC(C)C)n1. The number of carbonyl (C=O) groups excluding carboxylic acids is 1. The van der Waals surface area contributed by atoms with Crippen LogP contribution in [-0.2, 0) is 11.3 Å². The monoisotopic (exact) mass is 387 g/mol. The van der Waals surface area contributed by atoms with Crippen LogP contribution < -0.4 is 15.6 Å². The zero-order chi connectivity index (χ0) is 19.6. The van der Waals surface area contributed by atoms with Crippen molar-refractivity contribution in [2.75, 3.05) is 7.11 Å². The summed E-state index contributed by atoms with van der Waals surface area (Å²) < 4.78 is 6.39. The number of rotatable bonds is 5. The largest absolute Gasteiger partial charge is 0.481 e. The molecule has 27 heavy (non-hydrogen) atoms. The number of aromatic nitrogens is 4. The summed E-state index contributed by atoms with van der Waals surface area (Å²) in [6, 6.07) is 8.20. The fourth-order valence-electron chi connectivity index (χ4n) is 2.58. The van der Waals surface area contributed by atoms with E-state index in [0.29, 0.717) is 17.1 Å². The van der Waals surface area contributed by atoms with E-state index in [1.54, 1.807) is 30.3 Å². The lowest BCUT2D eigenvalue weighted by molar-refractivity contribution is -0.122. The molecule has 140 valence electrons. The molecular weight excluding hydrogens is 370 g/mol. The number of nitrogens with one attached hydrogen (secondary N) is 1. The number of pyridine rings is 2. The average Bonchev–Trinajstić information content (AvgIpc) is 2.63. The second-order valence-corrected chi connectivity index (χ2v) is 6.50. The Morgan fingerprint density at radius 1 is 1.22 bits per heavy atom. The molecule has 0 aromatic carbocycles. The fourth-order valence-corrected chi connectivity index (χ4v) is 2.73. The van der Waals surface area contributed by atoms with Crippen molar-refractivity contribution in [3.63, 3.8) is 0 Å². The Balaban J connectivity index is 2.23. The number of amides is 1. The number of nitrogens with zero attached hydrogens (tertiary/aromatic N) is 4. The first-order valence-electron chi connectivity index (χ1n) is 8.27. The Bertz CT molecular complexity index is 1060. The molecule has 1 N–H and O–H groups in total. The van der Waals surface area contributed by atoms with E-state index in [9.17, 15) is 9.59 Å². The predicted molar refractivity (Wildman–Crippen MR) is 102 cm³/mol. The van der Waals surface area contributed by atoms with Crippen molar-refractivity contribution in [3.05, 3.63) is 45.8 Å². The van der Waals surface area contributed by atoms with Gasteiger partial charge in [0.1, 0.15) is 17.4 Å². The Morgan fingerprint density at radius 3 is 2.70 bits per heavy atom. The maximum Gasteiger partial charge on any atom is 0.280 e. The lowest BCUT2D eigenvalue weighted by Crippen LogP contribution is -2.37. The van der Waals surface area contributed by atoms with Gasteiger partial charge in [-0.15, -0.1) is 0 Å². The molecule has 9 heteroatoms. The van der Waals surface area contributed by atoms with Crippen LogP contribution in [0.4, 0.5) is 0 Å². The highest BCUT2D eigenvalue weighted by molar-refractivity contribution is 6.29. The molecule has 0 radical (unpaired) electrons. The molecule has 1 amide bonds. The molecule has 0 unspecified atom stereocenters.